The summed E-state index contributed by atoms with van der Waals surface area (Å²) < 4.78 is 0. The van der Waals surface area contributed by atoms with E-state index in [1.165, 1.54) is 0 Å². The summed E-state index contributed by atoms with van der Waals surface area (Å²) in [6.07, 6.45) is 0. The first kappa shape index (κ1) is 17.1. The van der Waals surface area contributed by atoms with Gasteiger partial charge in [-0.2, -0.15) is 5.10 Å². The van der Waals surface area contributed by atoms with Crippen molar-refractivity contribution in [3.05, 3.63) is 30.1 Å². The number of nitrogens with zero attached hydrogens (tertiary/aromatic N) is 2. The van der Waals surface area contributed by atoms with E-state index in [4.69, 9.17) is 0 Å². The average Bonchev–Trinajstić information content (AvgIpc) is 2.86. The van der Waals surface area contributed by atoms with Gasteiger partial charge in [-0.15, -0.1) is 12.4 Å². The number of anilines is 1. The smallest absolute Gasteiger partial charge is 0.228 e. The normalized spacial score (nSPS) is 11.6. The van der Waals surface area contributed by atoms with Crippen molar-refractivity contribution in [1.82, 2.24) is 20.5 Å². The van der Waals surface area contributed by atoms with E-state index >= 15 is 0 Å². The number of H-pyrrole nitrogens is 1. The van der Waals surface area contributed by atoms with E-state index in [1.807, 2.05) is 45.2 Å². The first-order valence-corrected chi connectivity index (χ1v) is 6.55. The summed E-state index contributed by atoms with van der Waals surface area (Å²) in [7, 11) is 1.83. The van der Waals surface area contributed by atoms with Crippen LogP contribution in [-0.4, -0.2) is 34.7 Å². The maximum atomic E-state index is 11.9. The molecule has 1 unspecified atom stereocenters. The summed E-state index contributed by atoms with van der Waals surface area (Å²) in [6.45, 7) is 4.39. The van der Waals surface area contributed by atoms with E-state index in [2.05, 4.69) is 25.8 Å². The van der Waals surface area contributed by atoms with E-state index in [1.54, 1.807) is 0 Å². The van der Waals surface area contributed by atoms with Crippen molar-refractivity contribution < 1.29 is 4.79 Å². The van der Waals surface area contributed by atoms with Crippen LogP contribution in [0.2, 0.25) is 0 Å². The van der Waals surface area contributed by atoms with Crippen LogP contribution in [0.1, 0.15) is 12.7 Å². The third-order valence-corrected chi connectivity index (χ3v) is 2.97. The third kappa shape index (κ3) is 4.54. The Morgan fingerprint density at radius 1 is 1.33 bits per heavy atom. The molecule has 0 saturated carbocycles. The number of rotatable bonds is 5. The fourth-order valence-electron chi connectivity index (χ4n) is 1.84. The molecule has 1 atom stereocenters. The number of benzene rings is 1. The molecule has 1 amide bonds. The Bertz CT molecular complexity index is 581. The van der Waals surface area contributed by atoms with E-state index in [0.717, 1.165) is 17.1 Å². The van der Waals surface area contributed by atoms with Gasteiger partial charge in [-0.25, -0.2) is 4.98 Å². The topological polar surface area (TPSA) is 82.7 Å². The Morgan fingerprint density at radius 3 is 2.52 bits per heavy atom. The molecule has 0 aliphatic heterocycles. The number of hydrogen-bond donors (Lipinski definition) is 3. The molecule has 2 rings (SSSR count). The second-order valence-electron chi connectivity index (χ2n) is 4.77. The van der Waals surface area contributed by atoms with Crippen molar-refractivity contribution in [2.45, 2.75) is 13.8 Å². The van der Waals surface area contributed by atoms with Crippen LogP contribution in [0.15, 0.2) is 24.3 Å². The molecule has 0 bridgehead atoms. The van der Waals surface area contributed by atoms with Gasteiger partial charge >= 0.3 is 0 Å². The van der Waals surface area contributed by atoms with E-state index in [9.17, 15) is 4.79 Å². The molecule has 1 aromatic heterocycles. The molecule has 0 saturated heterocycles. The fourth-order valence-corrected chi connectivity index (χ4v) is 1.84. The lowest BCUT2D eigenvalue weighted by Crippen LogP contribution is -2.28. The molecule has 1 aromatic carbocycles. The van der Waals surface area contributed by atoms with Crippen LogP contribution >= 0.6 is 12.4 Å². The van der Waals surface area contributed by atoms with Crippen LogP contribution in [0.25, 0.3) is 11.4 Å². The Kier molecular flexibility index (Phi) is 6.33. The van der Waals surface area contributed by atoms with Crippen LogP contribution in [0, 0.1) is 12.8 Å². The molecule has 21 heavy (non-hydrogen) atoms. The van der Waals surface area contributed by atoms with Crippen LogP contribution in [0.4, 0.5) is 5.69 Å². The van der Waals surface area contributed by atoms with Gasteiger partial charge in [-0.3, -0.25) is 9.89 Å². The number of nitrogens with one attached hydrogen (secondary N) is 3. The summed E-state index contributed by atoms with van der Waals surface area (Å²) in [4.78, 5) is 16.1. The quantitative estimate of drug-likeness (QED) is 0.789. The summed E-state index contributed by atoms with van der Waals surface area (Å²) in [5.41, 5.74) is 1.68. The first-order chi connectivity index (χ1) is 9.60. The highest BCUT2D eigenvalue weighted by Gasteiger charge is 2.12. The zero-order valence-electron chi connectivity index (χ0n) is 12.3. The predicted octanol–water partition coefficient (Wildman–Crippen LogP) is 2.00. The largest absolute Gasteiger partial charge is 0.326 e. The third-order valence-electron chi connectivity index (χ3n) is 2.97. The maximum Gasteiger partial charge on any atom is 0.228 e. The minimum Gasteiger partial charge on any atom is -0.326 e. The lowest BCUT2D eigenvalue weighted by atomic mass is 10.1. The molecule has 7 heteroatoms. The van der Waals surface area contributed by atoms with Crippen LogP contribution in [0.3, 0.4) is 0 Å². The van der Waals surface area contributed by atoms with Crippen molar-refractivity contribution in [2.75, 3.05) is 18.9 Å². The van der Waals surface area contributed by atoms with Crippen molar-refractivity contribution in [1.29, 1.82) is 0 Å². The molecule has 2 aromatic rings. The number of aromatic amines is 1. The zero-order valence-corrected chi connectivity index (χ0v) is 13.1. The van der Waals surface area contributed by atoms with Crippen LogP contribution in [-0.2, 0) is 4.79 Å². The maximum absolute atomic E-state index is 11.9. The van der Waals surface area contributed by atoms with Gasteiger partial charge < -0.3 is 10.6 Å². The number of amides is 1. The van der Waals surface area contributed by atoms with Gasteiger partial charge in [0.15, 0.2) is 5.82 Å². The van der Waals surface area contributed by atoms with Gasteiger partial charge in [-0.1, -0.05) is 6.92 Å². The Morgan fingerprint density at radius 2 is 2.00 bits per heavy atom. The van der Waals surface area contributed by atoms with E-state index in [0.29, 0.717) is 12.4 Å². The monoisotopic (exact) mass is 309 g/mol. The molecular formula is C14H20ClN5O. The molecule has 0 fully saturated rings. The lowest BCUT2D eigenvalue weighted by Gasteiger charge is -2.11. The summed E-state index contributed by atoms with van der Waals surface area (Å²) >= 11 is 0. The Labute approximate surface area is 130 Å². The second kappa shape index (κ2) is 7.75. The highest BCUT2D eigenvalue weighted by molar-refractivity contribution is 5.92. The van der Waals surface area contributed by atoms with Gasteiger partial charge in [0, 0.05) is 23.7 Å². The van der Waals surface area contributed by atoms with Gasteiger partial charge in [0.2, 0.25) is 5.91 Å². The number of aromatic nitrogens is 3. The molecule has 0 aliphatic carbocycles. The predicted molar refractivity (Wildman–Crippen MR) is 85.5 cm³/mol. The SMILES string of the molecule is CNCC(C)C(=O)Nc1ccc(-c2n[nH]c(C)n2)cc1.Cl. The average molecular weight is 310 g/mol. The van der Waals surface area contributed by atoms with E-state index < -0.39 is 0 Å². The van der Waals surface area contributed by atoms with Crippen molar-refractivity contribution in [3.63, 3.8) is 0 Å². The van der Waals surface area contributed by atoms with Crippen molar-refractivity contribution >= 4 is 24.0 Å². The molecular weight excluding hydrogens is 290 g/mol. The highest BCUT2D eigenvalue weighted by Crippen LogP contribution is 2.18. The van der Waals surface area contributed by atoms with Gasteiger partial charge in [-0.05, 0) is 38.2 Å². The van der Waals surface area contributed by atoms with Gasteiger partial charge in [0.05, 0.1) is 0 Å². The number of aryl methyl sites for hydroxylation is 1. The highest BCUT2D eigenvalue weighted by atomic mass is 35.5. The molecule has 0 radical (unpaired) electrons. The fraction of sp³-hybridized carbons (Fsp3) is 0.357. The van der Waals surface area contributed by atoms with Gasteiger partial charge in [0.25, 0.3) is 0 Å². The molecule has 3 N–H and O–H groups in total. The van der Waals surface area contributed by atoms with Gasteiger partial charge in [0.1, 0.15) is 5.82 Å². The molecule has 6 nitrogen and oxygen atoms in total. The number of carbonyl (C=O) groups is 1. The number of halogens is 1. The molecule has 0 spiro atoms. The Hall–Kier alpha value is -1.92. The lowest BCUT2D eigenvalue weighted by molar-refractivity contribution is -0.119. The standard InChI is InChI=1S/C14H19N5O.ClH/c1-9(8-15-3)14(20)17-12-6-4-11(5-7-12)13-16-10(2)18-19-13;/h4-7,9,15H,8H2,1-3H3,(H,17,20)(H,16,18,19);1H. The minimum absolute atomic E-state index is 0. The summed E-state index contributed by atoms with van der Waals surface area (Å²) in [5.74, 6) is 1.36. The minimum atomic E-state index is -0.0738. The number of carbonyl (C=O) groups excluding carboxylic acids is 1. The molecule has 0 aliphatic rings. The van der Waals surface area contributed by atoms with Crippen LogP contribution in [0.5, 0.6) is 0 Å². The summed E-state index contributed by atoms with van der Waals surface area (Å²) in [6, 6.07) is 7.48. The zero-order chi connectivity index (χ0) is 14.5. The first-order valence-electron chi connectivity index (χ1n) is 6.55. The van der Waals surface area contributed by atoms with E-state index in [-0.39, 0.29) is 24.2 Å². The van der Waals surface area contributed by atoms with Crippen molar-refractivity contribution in [2.24, 2.45) is 5.92 Å². The molecule has 114 valence electrons. The number of hydrogen-bond acceptors (Lipinski definition) is 4. The Balaban J connectivity index is 0.00000220. The second-order valence-corrected chi connectivity index (χ2v) is 4.77. The van der Waals surface area contributed by atoms with Crippen LogP contribution < -0.4 is 10.6 Å². The van der Waals surface area contributed by atoms with Crippen molar-refractivity contribution in [3.8, 4) is 11.4 Å². The molecule has 1 heterocycles. The summed E-state index contributed by atoms with van der Waals surface area (Å²) in [5, 5.41) is 12.8.